The minimum atomic E-state index is -0.580. The van der Waals surface area contributed by atoms with Gasteiger partial charge in [-0.3, -0.25) is 4.84 Å². The molecule has 0 saturated heterocycles. The third-order valence-electron chi connectivity index (χ3n) is 1.95. The van der Waals surface area contributed by atoms with Crippen LogP contribution in [0.25, 0.3) is 0 Å². The van der Waals surface area contributed by atoms with E-state index in [-0.39, 0.29) is 10.9 Å². The molecule has 0 fully saturated rings. The highest BCUT2D eigenvalue weighted by molar-refractivity contribution is 8.00. The molecule has 0 aliphatic heterocycles. The van der Waals surface area contributed by atoms with E-state index in [1.165, 1.54) is 7.05 Å². The molecule has 1 amide bonds. The summed E-state index contributed by atoms with van der Waals surface area (Å²) in [6, 6.07) is 0. The normalized spacial score (nSPS) is 14.4. The second kappa shape index (κ2) is 7.55. The van der Waals surface area contributed by atoms with Gasteiger partial charge in [-0.2, -0.15) is 0 Å². The molecule has 17 heavy (non-hydrogen) atoms. The highest BCUT2D eigenvalue weighted by Crippen LogP contribution is 2.26. The maximum atomic E-state index is 11.0. The van der Waals surface area contributed by atoms with Gasteiger partial charge in [-0.15, -0.1) is 11.8 Å². The third-order valence-corrected chi connectivity index (χ3v) is 3.01. The van der Waals surface area contributed by atoms with Crippen LogP contribution in [0.1, 0.15) is 27.7 Å². The van der Waals surface area contributed by atoms with Gasteiger partial charge in [0.25, 0.3) is 0 Å². The molecule has 0 aliphatic rings. The largest absolute Gasteiger partial charge is 0.433 e. The molecule has 1 N–H and O–H groups in total. The molecule has 0 aromatic rings. The quantitative estimate of drug-likeness (QED) is 0.358. The lowest BCUT2D eigenvalue weighted by molar-refractivity contribution is 0.147. The molecule has 1 atom stereocenters. The highest BCUT2D eigenvalue weighted by atomic mass is 32.2. The number of amides is 1. The fourth-order valence-corrected chi connectivity index (χ4v) is 2.07. The van der Waals surface area contributed by atoms with Crippen molar-refractivity contribution in [1.82, 2.24) is 5.32 Å². The van der Waals surface area contributed by atoms with Gasteiger partial charge in [0.15, 0.2) is 0 Å². The molecule has 0 aliphatic carbocycles. The molecule has 0 rings (SSSR count). The molecule has 6 heteroatoms. The van der Waals surface area contributed by atoms with Crippen LogP contribution in [0, 0.1) is 5.41 Å². The van der Waals surface area contributed by atoms with Crippen LogP contribution in [-0.2, 0) is 9.57 Å². The number of rotatable bonds is 5. The zero-order valence-electron chi connectivity index (χ0n) is 11.4. The second-order valence-corrected chi connectivity index (χ2v) is 5.72. The molecular formula is C11H22N2O3S. The Kier molecular flexibility index (Phi) is 7.22. The van der Waals surface area contributed by atoms with Gasteiger partial charge in [0.1, 0.15) is 11.1 Å². The summed E-state index contributed by atoms with van der Waals surface area (Å²) >= 11 is 1.61. The first kappa shape index (κ1) is 16.2. The van der Waals surface area contributed by atoms with Gasteiger partial charge in [0, 0.05) is 19.6 Å². The van der Waals surface area contributed by atoms with Gasteiger partial charge >= 0.3 is 6.09 Å². The van der Waals surface area contributed by atoms with Crippen molar-refractivity contribution in [2.24, 2.45) is 10.6 Å². The van der Waals surface area contributed by atoms with Crippen molar-refractivity contribution < 1.29 is 14.4 Å². The lowest BCUT2D eigenvalue weighted by Gasteiger charge is -2.26. The Morgan fingerprint density at radius 2 is 2.06 bits per heavy atom. The van der Waals surface area contributed by atoms with Crippen molar-refractivity contribution in [3.63, 3.8) is 0 Å². The molecule has 0 heterocycles. The molecule has 100 valence electrons. The molecule has 0 bridgehead atoms. The molecule has 1 unspecified atom stereocenters. The van der Waals surface area contributed by atoms with E-state index in [1.807, 2.05) is 27.7 Å². The average Bonchev–Trinajstić information content (AvgIpc) is 2.25. The van der Waals surface area contributed by atoms with Crippen LogP contribution in [0.4, 0.5) is 4.79 Å². The SMILES string of the molecule is CCSC(OC)C(=NOC(=O)NC)C(C)(C)C. The van der Waals surface area contributed by atoms with E-state index >= 15 is 0 Å². The summed E-state index contributed by atoms with van der Waals surface area (Å²) in [4.78, 5) is 15.8. The lowest BCUT2D eigenvalue weighted by Crippen LogP contribution is -2.33. The number of methoxy groups -OCH3 is 1. The van der Waals surface area contributed by atoms with Gasteiger partial charge in [-0.25, -0.2) is 4.79 Å². The number of carbonyl (C=O) groups excluding carboxylic acids is 1. The third kappa shape index (κ3) is 5.93. The number of hydrogen-bond donors (Lipinski definition) is 1. The molecule has 0 spiro atoms. The van der Waals surface area contributed by atoms with E-state index in [1.54, 1.807) is 18.9 Å². The standard InChI is InChI=1S/C11H22N2O3S/c1-7-17-9(15-6)8(11(2,3)4)13-16-10(14)12-5/h9H,7H2,1-6H3,(H,12,14). The van der Waals surface area contributed by atoms with Crippen molar-refractivity contribution in [3.8, 4) is 0 Å². The maximum absolute atomic E-state index is 11.0. The number of thioether (sulfide) groups is 1. The average molecular weight is 262 g/mol. The number of ether oxygens (including phenoxy) is 1. The van der Waals surface area contributed by atoms with Gasteiger partial charge < -0.3 is 10.1 Å². The van der Waals surface area contributed by atoms with Gasteiger partial charge in [-0.1, -0.05) is 32.9 Å². The highest BCUT2D eigenvalue weighted by Gasteiger charge is 2.28. The van der Waals surface area contributed by atoms with Crippen LogP contribution in [-0.4, -0.2) is 37.2 Å². The first-order valence-electron chi connectivity index (χ1n) is 5.48. The summed E-state index contributed by atoms with van der Waals surface area (Å²) in [5, 5.41) is 6.26. The van der Waals surface area contributed by atoms with Crippen LogP contribution >= 0.6 is 11.8 Å². The number of hydrogen-bond acceptors (Lipinski definition) is 5. The van der Waals surface area contributed by atoms with E-state index in [0.717, 1.165) is 5.75 Å². The lowest BCUT2D eigenvalue weighted by atomic mass is 9.90. The zero-order chi connectivity index (χ0) is 13.5. The van der Waals surface area contributed by atoms with Crippen LogP contribution in [0.3, 0.4) is 0 Å². The topological polar surface area (TPSA) is 59.9 Å². The summed E-state index contributed by atoms with van der Waals surface area (Å²) < 4.78 is 5.37. The van der Waals surface area contributed by atoms with Crippen molar-refractivity contribution in [2.45, 2.75) is 33.1 Å². The Labute approximate surface area is 107 Å². The second-order valence-electron chi connectivity index (χ2n) is 4.38. The monoisotopic (exact) mass is 262 g/mol. The minimum Gasteiger partial charge on any atom is -0.365 e. The van der Waals surface area contributed by atoms with Crippen molar-refractivity contribution >= 4 is 23.6 Å². The van der Waals surface area contributed by atoms with Crippen LogP contribution in [0.15, 0.2) is 5.16 Å². The molecule has 0 saturated carbocycles. The van der Waals surface area contributed by atoms with E-state index < -0.39 is 6.09 Å². The Balaban J connectivity index is 4.92. The summed E-state index contributed by atoms with van der Waals surface area (Å²) in [5.41, 5.74) is 0.275. The van der Waals surface area contributed by atoms with Crippen molar-refractivity contribution in [1.29, 1.82) is 0 Å². The summed E-state index contributed by atoms with van der Waals surface area (Å²) in [6.45, 7) is 8.04. The summed E-state index contributed by atoms with van der Waals surface area (Å²) in [7, 11) is 3.11. The number of nitrogens with zero attached hydrogens (tertiary/aromatic N) is 1. The zero-order valence-corrected chi connectivity index (χ0v) is 12.2. The number of oxime groups is 1. The van der Waals surface area contributed by atoms with E-state index in [0.29, 0.717) is 5.71 Å². The van der Waals surface area contributed by atoms with Crippen molar-refractivity contribution in [3.05, 3.63) is 0 Å². The predicted molar refractivity (Wildman–Crippen MR) is 71.4 cm³/mol. The predicted octanol–water partition coefficient (Wildman–Crippen LogP) is 2.47. The van der Waals surface area contributed by atoms with E-state index in [4.69, 9.17) is 9.57 Å². The smallest absolute Gasteiger partial charge is 0.365 e. The van der Waals surface area contributed by atoms with Crippen LogP contribution in [0.5, 0.6) is 0 Å². The molecule has 5 nitrogen and oxygen atoms in total. The van der Waals surface area contributed by atoms with Crippen molar-refractivity contribution in [2.75, 3.05) is 19.9 Å². The number of carbonyl (C=O) groups is 1. The van der Waals surface area contributed by atoms with E-state index in [2.05, 4.69) is 10.5 Å². The fourth-order valence-electron chi connectivity index (χ4n) is 1.08. The summed E-state index contributed by atoms with van der Waals surface area (Å²) in [6.07, 6.45) is -0.580. The van der Waals surface area contributed by atoms with Gasteiger partial charge in [-0.05, 0) is 5.75 Å². The Hall–Kier alpha value is -0.750. The molecular weight excluding hydrogens is 240 g/mol. The Morgan fingerprint density at radius 3 is 2.41 bits per heavy atom. The van der Waals surface area contributed by atoms with Gasteiger partial charge in [0.2, 0.25) is 0 Å². The fraction of sp³-hybridized carbons (Fsp3) is 0.818. The van der Waals surface area contributed by atoms with E-state index in [9.17, 15) is 4.79 Å². The number of nitrogens with one attached hydrogen (secondary N) is 1. The first-order valence-corrected chi connectivity index (χ1v) is 6.53. The van der Waals surface area contributed by atoms with Gasteiger partial charge in [0.05, 0.1) is 0 Å². The Bertz CT molecular complexity index is 274. The summed E-state index contributed by atoms with van der Waals surface area (Å²) in [5.74, 6) is 0.896. The molecule has 0 radical (unpaired) electrons. The maximum Gasteiger partial charge on any atom is 0.433 e. The molecule has 0 aromatic carbocycles. The van der Waals surface area contributed by atoms with Crippen LogP contribution in [0.2, 0.25) is 0 Å². The molecule has 0 aromatic heterocycles. The van der Waals surface area contributed by atoms with Crippen LogP contribution < -0.4 is 5.32 Å². The Morgan fingerprint density at radius 1 is 1.47 bits per heavy atom. The minimum absolute atomic E-state index is 0.204. The first-order chi connectivity index (χ1) is 7.86.